The van der Waals surface area contributed by atoms with Crippen molar-refractivity contribution in [1.82, 2.24) is 10.5 Å². The molecule has 4 nitrogen and oxygen atoms in total. The summed E-state index contributed by atoms with van der Waals surface area (Å²) in [7, 11) is 3.15. The first-order chi connectivity index (χ1) is 4.34. The molecule has 0 bridgehead atoms. The first kappa shape index (κ1) is 5.81. The second-order valence-electron chi connectivity index (χ2n) is 1.38. The van der Waals surface area contributed by atoms with Crippen LogP contribution in [-0.4, -0.2) is 11.1 Å². The van der Waals surface area contributed by atoms with Crippen molar-refractivity contribution >= 4 is 5.91 Å². The van der Waals surface area contributed by atoms with Gasteiger partial charge in [0.15, 0.2) is 0 Å². The molecule has 1 N–H and O–H groups in total. The van der Waals surface area contributed by atoms with Crippen molar-refractivity contribution < 1.29 is 9.32 Å². The van der Waals surface area contributed by atoms with Crippen molar-refractivity contribution in [2.75, 3.05) is 0 Å². The van der Waals surface area contributed by atoms with E-state index in [-0.39, 0.29) is 11.7 Å². The number of nitrogens with zero attached hydrogens (tertiary/aromatic N) is 1. The minimum absolute atomic E-state index is 0.171. The summed E-state index contributed by atoms with van der Waals surface area (Å²) in [6.45, 7) is 0. The second kappa shape index (κ2) is 2.30. The molecule has 0 atom stereocenters. The zero-order valence-electron chi connectivity index (χ0n) is 4.63. The SMILES string of the molecule is [CH2]NC(=O)c1ccno1. The second-order valence-corrected chi connectivity index (χ2v) is 1.38. The maximum atomic E-state index is 10.6. The Morgan fingerprint density at radius 1 is 1.89 bits per heavy atom. The molecule has 0 saturated heterocycles. The molecule has 0 aliphatic carbocycles. The first-order valence-electron chi connectivity index (χ1n) is 2.32. The number of carbonyl (C=O) groups excluding carboxylic acids is 1. The standard InChI is InChI=1S/C5H5N2O2/c1-6-5(8)4-2-3-7-9-4/h2-3H,1H2,(H,6,8). The Morgan fingerprint density at radius 2 is 2.67 bits per heavy atom. The van der Waals surface area contributed by atoms with Gasteiger partial charge in [0.2, 0.25) is 5.76 Å². The summed E-state index contributed by atoms with van der Waals surface area (Å²) in [6.07, 6.45) is 1.39. The van der Waals surface area contributed by atoms with Gasteiger partial charge in [-0.2, -0.15) is 0 Å². The zero-order chi connectivity index (χ0) is 6.69. The maximum absolute atomic E-state index is 10.6. The van der Waals surface area contributed by atoms with Crippen molar-refractivity contribution in [3.05, 3.63) is 25.1 Å². The summed E-state index contributed by atoms with van der Waals surface area (Å²) in [5.41, 5.74) is 0. The van der Waals surface area contributed by atoms with Gasteiger partial charge in [0, 0.05) is 13.1 Å². The van der Waals surface area contributed by atoms with E-state index in [2.05, 4.69) is 22.0 Å². The van der Waals surface area contributed by atoms with Crippen molar-refractivity contribution in [3.8, 4) is 0 Å². The Kier molecular flexibility index (Phi) is 1.48. The van der Waals surface area contributed by atoms with Gasteiger partial charge in [-0.25, -0.2) is 0 Å². The van der Waals surface area contributed by atoms with E-state index in [1.165, 1.54) is 12.3 Å². The molecule has 1 amide bonds. The number of hydrogen-bond acceptors (Lipinski definition) is 3. The van der Waals surface area contributed by atoms with Crippen LogP contribution in [0.3, 0.4) is 0 Å². The van der Waals surface area contributed by atoms with Crippen LogP contribution in [0.25, 0.3) is 0 Å². The summed E-state index contributed by atoms with van der Waals surface area (Å²) in [5.74, 6) is -0.197. The van der Waals surface area contributed by atoms with Crippen LogP contribution in [-0.2, 0) is 0 Å². The molecule has 1 radical (unpaired) electrons. The lowest BCUT2D eigenvalue weighted by Gasteiger charge is -1.88. The number of aromatic nitrogens is 1. The van der Waals surface area contributed by atoms with Crippen molar-refractivity contribution in [1.29, 1.82) is 0 Å². The molecular weight excluding hydrogens is 120 g/mol. The third kappa shape index (κ3) is 1.07. The minimum Gasteiger partial charge on any atom is -0.351 e. The molecule has 1 rings (SSSR count). The molecule has 0 unspecified atom stereocenters. The Bertz CT molecular complexity index is 193. The van der Waals surface area contributed by atoms with E-state index in [1.807, 2.05) is 0 Å². The molecule has 0 aliphatic heterocycles. The minimum atomic E-state index is -0.368. The Balaban J connectivity index is 2.77. The topological polar surface area (TPSA) is 55.1 Å². The van der Waals surface area contributed by atoms with Crippen LogP contribution in [0.2, 0.25) is 0 Å². The molecule has 1 aromatic rings. The normalized spacial score (nSPS) is 9.00. The third-order valence-corrected chi connectivity index (χ3v) is 0.822. The van der Waals surface area contributed by atoms with E-state index in [0.717, 1.165) is 0 Å². The van der Waals surface area contributed by atoms with E-state index >= 15 is 0 Å². The highest BCUT2D eigenvalue weighted by Gasteiger charge is 2.04. The van der Waals surface area contributed by atoms with Crippen LogP contribution in [0.5, 0.6) is 0 Å². The Morgan fingerprint density at radius 3 is 3.11 bits per heavy atom. The average molecular weight is 125 g/mol. The summed E-state index contributed by atoms with van der Waals surface area (Å²) in [5, 5.41) is 5.47. The lowest BCUT2D eigenvalue weighted by molar-refractivity contribution is 0.0932. The van der Waals surface area contributed by atoms with Gasteiger partial charge in [-0.1, -0.05) is 5.16 Å². The number of carbonyl (C=O) groups is 1. The lowest BCUT2D eigenvalue weighted by atomic mass is 10.4. The molecule has 47 valence electrons. The van der Waals surface area contributed by atoms with Gasteiger partial charge in [-0.3, -0.25) is 4.79 Å². The van der Waals surface area contributed by atoms with E-state index in [9.17, 15) is 4.79 Å². The van der Waals surface area contributed by atoms with E-state index in [0.29, 0.717) is 0 Å². The van der Waals surface area contributed by atoms with E-state index in [1.54, 1.807) is 0 Å². The number of rotatable bonds is 1. The summed E-state index contributed by atoms with van der Waals surface area (Å²) in [6, 6.07) is 1.46. The van der Waals surface area contributed by atoms with Crippen molar-refractivity contribution in [2.24, 2.45) is 0 Å². The number of amides is 1. The van der Waals surface area contributed by atoms with Crippen LogP contribution in [0.1, 0.15) is 10.6 Å². The fourth-order valence-corrected chi connectivity index (χ4v) is 0.420. The average Bonchev–Trinajstić information content (AvgIpc) is 2.37. The van der Waals surface area contributed by atoms with Gasteiger partial charge >= 0.3 is 0 Å². The molecule has 0 saturated carbocycles. The number of hydrogen-bond donors (Lipinski definition) is 1. The fraction of sp³-hybridized carbons (Fsp3) is 0. The highest BCUT2D eigenvalue weighted by Crippen LogP contribution is 1.93. The molecular formula is C5H5N2O2. The highest BCUT2D eigenvalue weighted by molar-refractivity contribution is 5.91. The van der Waals surface area contributed by atoms with Crippen molar-refractivity contribution in [2.45, 2.75) is 0 Å². The summed E-state index contributed by atoms with van der Waals surface area (Å²) in [4.78, 5) is 10.6. The van der Waals surface area contributed by atoms with Gasteiger partial charge in [0.05, 0.1) is 6.20 Å². The Hall–Kier alpha value is -1.32. The highest BCUT2D eigenvalue weighted by atomic mass is 16.5. The molecule has 4 heteroatoms. The summed E-state index contributed by atoms with van der Waals surface area (Å²) < 4.78 is 4.48. The quantitative estimate of drug-likeness (QED) is 0.583. The predicted octanol–water partition coefficient (Wildman–Crippen LogP) is 0.196. The van der Waals surface area contributed by atoms with Gasteiger partial charge < -0.3 is 9.84 Å². The molecule has 1 heterocycles. The van der Waals surface area contributed by atoms with Gasteiger partial charge in [-0.05, 0) is 0 Å². The smallest absolute Gasteiger partial charge is 0.289 e. The van der Waals surface area contributed by atoms with Crippen LogP contribution < -0.4 is 5.32 Å². The van der Waals surface area contributed by atoms with Crippen LogP contribution in [0.4, 0.5) is 0 Å². The molecule has 0 spiro atoms. The van der Waals surface area contributed by atoms with E-state index < -0.39 is 0 Å². The predicted molar refractivity (Wildman–Crippen MR) is 29.3 cm³/mol. The van der Waals surface area contributed by atoms with E-state index in [4.69, 9.17) is 0 Å². The van der Waals surface area contributed by atoms with Crippen LogP contribution in [0, 0.1) is 7.05 Å². The molecule has 0 aliphatic rings. The molecule has 9 heavy (non-hydrogen) atoms. The molecule has 0 fully saturated rings. The van der Waals surface area contributed by atoms with Gasteiger partial charge in [-0.15, -0.1) is 0 Å². The first-order valence-corrected chi connectivity index (χ1v) is 2.32. The van der Waals surface area contributed by atoms with Crippen LogP contribution in [0.15, 0.2) is 16.8 Å². The fourth-order valence-electron chi connectivity index (χ4n) is 0.420. The van der Waals surface area contributed by atoms with Crippen LogP contribution >= 0.6 is 0 Å². The summed E-state index contributed by atoms with van der Waals surface area (Å²) >= 11 is 0. The third-order valence-electron chi connectivity index (χ3n) is 0.822. The van der Waals surface area contributed by atoms with Gasteiger partial charge in [0.1, 0.15) is 0 Å². The van der Waals surface area contributed by atoms with Crippen molar-refractivity contribution in [3.63, 3.8) is 0 Å². The lowest BCUT2D eigenvalue weighted by Crippen LogP contribution is -2.14. The zero-order valence-corrected chi connectivity index (χ0v) is 4.63. The maximum Gasteiger partial charge on any atom is 0.289 e. The Labute approximate surface area is 51.8 Å². The molecule has 0 aromatic carbocycles. The number of nitrogens with one attached hydrogen (secondary N) is 1. The monoisotopic (exact) mass is 125 g/mol. The van der Waals surface area contributed by atoms with Gasteiger partial charge in [0.25, 0.3) is 5.91 Å². The largest absolute Gasteiger partial charge is 0.351 e. The molecule has 1 aromatic heterocycles.